The van der Waals surface area contributed by atoms with Crippen molar-refractivity contribution in [1.29, 1.82) is 0 Å². The van der Waals surface area contributed by atoms with E-state index in [1.807, 2.05) is 0 Å². The van der Waals surface area contributed by atoms with Gasteiger partial charge >= 0.3 is 5.97 Å². The van der Waals surface area contributed by atoms with Gasteiger partial charge in [0, 0.05) is 13.2 Å². The van der Waals surface area contributed by atoms with Crippen LogP contribution in [0.5, 0.6) is 0 Å². The first-order chi connectivity index (χ1) is 4.63. The van der Waals surface area contributed by atoms with Crippen LogP contribution in [0.15, 0.2) is 12.3 Å². The van der Waals surface area contributed by atoms with Crippen molar-refractivity contribution < 1.29 is 14.3 Å². The van der Waals surface area contributed by atoms with Crippen LogP contribution in [0.3, 0.4) is 0 Å². The number of aromatic nitrogens is 1. The van der Waals surface area contributed by atoms with Gasteiger partial charge in [-0.3, -0.25) is 0 Å². The summed E-state index contributed by atoms with van der Waals surface area (Å²) in [6, 6.07) is 1.11. The number of hydrogen-bond donors (Lipinski definition) is 1. The Bertz CT molecular complexity index is 247. The third kappa shape index (κ3) is 0.877. The highest BCUT2D eigenvalue weighted by atomic mass is 19.1. The van der Waals surface area contributed by atoms with Gasteiger partial charge < -0.3 is 9.67 Å². The van der Waals surface area contributed by atoms with Crippen LogP contribution in [0.25, 0.3) is 0 Å². The van der Waals surface area contributed by atoms with Gasteiger partial charge in [0.15, 0.2) is 11.5 Å². The van der Waals surface area contributed by atoms with Crippen LogP contribution in [0.2, 0.25) is 0 Å². The van der Waals surface area contributed by atoms with Crippen LogP contribution in [-0.2, 0) is 7.05 Å². The monoisotopic (exact) mass is 143 g/mol. The van der Waals surface area contributed by atoms with Crippen LogP contribution in [0.4, 0.5) is 4.39 Å². The van der Waals surface area contributed by atoms with E-state index in [1.54, 1.807) is 0 Å². The number of carboxylic acids is 1. The zero-order chi connectivity index (χ0) is 7.72. The summed E-state index contributed by atoms with van der Waals surface area (Å²) in [4.78, 5) is 10.2. The summed E-state index contributed by atoms with van der Waals surface area (Å²) in [5.41, 5.74) is -0.306. The van der Waals surface area contributed by atoms with E-state index in [1.165, 1.54) is 17.8 Å². The molecule has 1 N–H and O–H groups in total. The summed E-state index contributed by atoms with van der Waals surface area (Å²) in [6.45, 7) is 0. The standard InChI is InChI=1S/C6H6FNO2/c1-8-3-2-4(7)5(8)6(9)10/h2-3H,1H3,(H,9,10). The predicted octanol–water partition coefficient (Wildman–Crippen LogP) is 0.862. The van der Waals surface area contributed by atoms with Gasteiger partial charge in [-0.25, -0.2) is 9.18 Å². The Balaban J connectivity index is 3.23. The van der Waals surface area contributed by atoms with Gasteiger partial charge in [0.05, 0.1) is 0 Å². The van der Waals surface area contributed by atoms with Crippen molar-refractivity contribution in [1.82, 2.24) is 4.57 Å². The number of nitrogens with zero attached hydrogens (tertiary/aromatic N) is 1. The molecule has 1 aromatic heterocycles. The number of halogens is 1. The molecule has 0 aliphatic carbocycles. The van der Waals surface area contributed by atoms with Crippen molar-refractivity contribution in [3.8, 4) is 0 Å². The van der Waals surface area contributed by atoms with Gasteiger partial charge in [-0.15, -0.1) is 0 Å². The molecule has 0 aromatic carbocycles. The van der Waals surface area contributed by atoms with E-state index in [2.05, 4.69) is 0 Å². The van der Waals surface area contributed by atoms with Crippen LogP contribution >= 0.6 is 0 Å². The normalized spacial score (nSPS) is 9.80. The van der Waals surface area contributed by atoms with Crippen molar-refractivity contribution in [3.63, 3.8) is 0 Å². The van der Waals surface area contributed by atoms with Crippen molar-refractivity contribution in [2.75, 3.05) is 0 Å². The Hall–Kier alpha value is -1.32. The van der Waals surface area contributed by atoms with E-state index >= 15 is 0 Å². The summed E-state index contributed by atoms with van der Waals surface area (Å²) in [5.74, 6) is -1.94. The molecular formula is C6H6FNO2. The van der Waals surface area contributed by atoms with Crippen LogP contribution < -0.4 is 0 Å². The van der Waals surface area contributed by atoms with Crippen molar-refractivity contribution in [2.45, 2.75) is 0 Å². The lowest BCUT2D eigenvalue weighted by Gasteiger charge is -1.94. The Morgan fingerprint density at radius 3 is 2.60 bits per heavy atom. The number of carboxylic acid groups (broad SMARTS) is 1. The van der Waals surface area contributed by atoms with E-state index in [-0.39, 0.29) is 5.69 Å². The van der Waals surface area contributed by atoms with Crippen LogP contribution in [0.1, 0.15) is 10.5 Å². The van der Waals surface area contributed by atoms with Crippen LogP contribution in [0, 0.1) is 5.82 Å². The molecule has 0 bridgehead atoms. The van der Waals surface area contributed by atoms with E-state index < -0.39 is 11.8 Å². The highest BCUT2D eigenvalue weighted by Gasteiger charge is 2.12. The summed E-state index contributed by atoms with van der Waals surface area (Å²) in [5, 5.41) is 8.37. The fraction of sp³-hybridized carbons (Fsp3) is 0.167. The van der Waals surface area contributed by atoms with Crippen molar-refractivity contribution in [2.24, 2.45) is 7.05 Å². The number of carbonyl (C=O) groups is 1. The summed E-state index contributed by atoms with van der Waals surface area (Å²) >= 11 is 0. The third-order valence-corrected chi connectivity index (χ3v) is 1.23. The highest BCUT2D eigenvalue weighted by Crippen LogP contribution is 2.06. The minimum absolute atomic E-state index is 0.306. The lowest BCUT2D eigenvalue weighted by Crippen LogP contribution is -2.05. The molecule has 10 heavy (non-hydrogen) atoms. The van der Waals surface area contributed by atoms with E-state index in [0.29, 0.717) is 0 Å². The number of rotatable bonds is 1. The SMILES string of the molecule is Cn1ccc(F)c1C(=O)O. The summed E-state index contributed by atoms with van der Waals surface area (Å²) in [7, 11) is 1.48. The van der Waals surface area contributed by atoms with E-state index in [9.17, 15) is 9.18 Å². The number of hydrogen-bond acceptors (Lipinski definition) is 1. The molecule has 54 valence electrons. The first-order valence-electron chi connectivity index (χ1n) is 2.67. The van der Waals surface area contributed by atoms with Crippen molar-refractivity contribution >= 4 is 5.97 Å². The molecule has 0 fully saturated rings. The Morgan fingerprint density at radius 2 is 2.40 bits per heavy atom. The fourth-order valence-electron chi connectivity index (χ4n) is 0.752. The summed E-state index contributed by atoms with van der Waals surface area (Å²) < 4.78 is 13.7. The van der Waals surface area contributed by atoms with Crippen molar-refractivity contribution in [3.05, 3.63) is 23.8 Å². The average molecular weight is 143 g/mol. The van der Waals surface area contributed by atoms with Gasteiger partial charge in [-0.2, -0.15) is 0 Å². The predicted molar refractivity (Wildman–Crippen MR) is 32.3 cm³/mol. The summed E-state index contributed by atoms with van der Waals surface area (Å²) in [6.07, 6.45) is 1.36. The molecule has 0 aliphatic heterocycles. The molecule has 1 heterocycles. The maximum Gasteiger partial charge on any atom is 0.355 e. The minimum Gasteiger partial charge on any atom is -0.476 e. The largest absolute Gasteiger partial charge is 0.476 e. The molecule has 0 saturated heterocycles. The minimum atomic E-state index is -1.25. The molecule has 0 amide bonds. The topological polar surface area (TPSA) is 42.2 Å². The maximum atomic E-state index is 12.5. The lowest BCUT2D eigenvalue weighted by molar-refractivity contribution is 0.0681. The molecule has 0 spiro atoms. The van der Waals surface area contributed by atoms with Gasteiger partial charge in [0.1, 0.15) is 0 Å². The quantitative estimate of drug-likeness (QED) is 0.633. The molecule has 0 saturated carbocycles. The first kappa shape index (κ1) is 6.80. The molecule has 0 aliphatic rings. The van der Waals surface area contributed by atoms with Crippen LogP contribution in [-0.4, -0.2) is 15.6 Å². The molecule has 3 nitrogen and oxygen atoms in total. The van der Waals surface area contributed by atoms with E-state index in [4.69, 9.17) is 5.11 Å². The smallest absolute Gasteiger partial charge is 0.355 e. The molecule has 1 rings (SSSR count). The second-order valence-corrected chi connectivity index (χ2v) is 1.93. The number of aromatic carboxylic acids is 1. The molecule has 0 unspecified atom stereocenters. The van der Waals surface area contributed by atoms with E-state index in [0.717, 1.165) is 6.07 Å². The Labute approximate surface area is 56.7 Å². The first-order valence-corrected chi connectivity index (χ1v) is 2.67. The third-order valence-electron chi connectivity index (χ3n) is 1.23. The second kappa shape index (κ2) is 2.13. The fourth-order valence-corrected chi connectivity index (χ4v) is 0.752. The molecule has 4 heteroatoms. The van der Waals surface area contributed by atoms with Gasteiger partial charge in [-0.1, -0.05) is 0 Å². The lowest BCUT2D eigenvalue weighted by atomic mass is 10.4. The molecule has 0 radical (unpaired) electrons. The number of aryl methyl sites for hydroxylation is 1. The average Bonchev–Trinajstić information content (AvgIpc) is 2.11. The van der Waals surface area contributed by atoms with Gasteiger partial charge in [-0.05, 0) is 6.07 Å². The van der Waals surface area contributed by atoms with Gasteiger partial charge in [0.25, 0.3) is 0 Å². The maximum absolute atomic E-state index is 12.5. The molecular weight excluding hydrogens is 137 g/mol. The molecule has 1 aromatic rings. The zero-order valence-electron chi connectivity index (χ0n) is 5.34. The zero-order valence-corrected chi connectivity index (χ0v) is 5.34. The highest BCUT2D eigenvalue weighted by molar-refractivity contribution is 5.86. The Kier molecular flexibility index (Phi) is 1.45. The van der Waals surface area contributed by atoms with Gasteiger partial charge in [0.2, 0.25) is 0 Å². The second-order valence-electron chi connectivity index (χ2n) is 1.93. The molecule has 0 atom stereocenters. The Morgan fingerprint density at radius 1 is 1.80 bits per heavy atom.